The molecule has 0 spiro atoms. The van der Waals surface area contributed by atoms with E-state index in [-0.39, 0.29) is 16.8 Å². The van der Waals surface area contributed by atoms with Crippen molar-refractivity contribution < 1.29 is 18.0 Å². The molecule has 146 valence electrons. The predicted octanol–water partition coefficient (Wildman–Crippen LogP) is 5.58. The van der Waals surface area contributed by atoms with Crippen LogP contribution in [-0.2, 0) is 16.7 Å². The van der Waals surface area contributed by atoms with Crippen molar-refractivity contribution in [3.8, 4) is 0 Å². The average molecular weight is 445 g/mol. The lowest BCUT2D eigenvalue weighted by molar-refractivity contribution is -0.141. The fourth-order valence-electron chi connectivity index (χ4n) is 2.21. The first-order valence-corrected chi connectivity index (χ1v) is 10.0. The standard InChI is InChI=1S/C17H12ClF3N4OS2/c1-10(26)25(13-4-2-3-11(18)7-13)16-23-12(9-28-16)8-27-15-22-6-5-14(24-15)17(19,20)21/h2-7,9H,8H2,1H3. The number of carbonyl (C=O) groups is 1. The molecule has 0 aliphatic carbocycles. The number of benzene rings is 1. The topological polar surface area (TPSA) is 59.0 Å². The SMILES string of the molecule is CC(=O)N(c1cccc(Cl)c1)c1nc(CSc2nccc(C(F)(F)F)n2)cs1. The Kier molecular flexibility index (Phi) is 6.21. The molecule has 28 heavy (non-hydrogen) atoms. The summed E-state index contributed by atoms with van der Waals surface area (Å²) < 4.78 is 38.2. The molecule has 5 nitrogen and oxygen atoms in total. The van der Waals surface area contributed by atoms with E-state index in [1.165, 1.54) is 23.2 Å². The van der Waals surface area contributed by atoms with Crippen molar-refractivity contribution in [3.63, 3.8) is 0 Å². The number of anilines is 2. The first-order valence-electron chi connectivity index (χ1n) is 7.78. The van der Waals surface area contributed by atoms with E-state index in [1.54, 1.807) is 29.6 Å². The summed E-state index contributed by atoms with van der Waals surface area (Å²) in [5.41, 5.74) is 0.182. The Morgan fingerprint density at radius 3 is 2.75 bits per heavy atom. The van der Waals surface area contributed by atoms with Gasteiger partial charge in [0, 0.05) is 29.3 Å². The second-order valence-electron chi connectivity index (χ2n) is 5.47. The van der Waals surface area contributed by atoms with E-state index in [0.717, 1.165) is 24.0 Å². The van der Waals surface area contributed by atoms with Crippen molar-refractivity contribution >= 4 is 51.4 Å². The van der Waals surface area contributed by atoms with Gasteiger partial charge in [-0.3, -0.25) is 9.69 Å². The van der Waals surface area contributed by atoms with Crippen LogP contribution in [0.25, 0.3) is 0 Å². The molecule has 0 aliphatic rings. The Morgan fingerprint density at radius 1 is 1.29 bits per heavy atom. The van der Waals surface area contributed by atoms with Crippen LogP contribution in [0.3, 0.4) is 0 Å². The highest BCUT2D eigenvalue weighted by molar-refractivity contribution is 7.98. The Bertz CT molecular complexity index is 996. The summed E-state index contributed by atoms with van der Waals surface area (Å²) in [6, 6.07) is 7.63. The van der Waals surface area contributed by atoms with Crippen LogP contribution in [0.4, 0.5) is 24.0 Å². The monoisotopic (exact) mass is 444 g/mol. The van der Waals surface area contributed by atoms with E-state index in [2.05, 4.69) is 15.0 Å². The Hall–Kier alpha value is -2.17. The quantitative estimate of drug-likeness (QED) is 0.379. The lowest BCUT2D eigenvalue weighted by atomic mass is 10.3. The number of thiazole rings is 1. The molecular weight excluding hydrogens is 433 g/mol. The van der Waals surface area contributed by atoms with Gasteiger partial charge in [-0.05, 0) is 24.3 Å². The number of nitrogens with zero attached hydrogens (tertiary/aromatic N) is 4. The molecule has 0 fully saturated rings. The van der Waals surface area contributed by atoms with Gasteiger partial charge in [0.05, 0.1) is 11.4 Å². The largest absolute Gasteiger partial charge is 0.433 e. The number of rotatable bonds is 5. The third-order valence-corrected chi connectivity index (χ3v) is 5.39. The lowest BCUT2D eigenvalue weighted by Crippen LogP contribution is -2.22. The normalized spacial score (nSPS) is 11.5. The Balaban J connectivity index is 1.76. The fourth-order valence-corrected chi connectivity index (χ4v) is 4.11. The minimum absolute atomic E-state index is 0.00244. The third-order valence-electron chi connectivity index (χ3n) is 3.39. The maximum atomic E-state index is 12.7. The van der Waals surface area contributed by atoms with E-state index in [1.807, 2.05) is 0 Å². The highest BCUT2D eigenvalue weighted by atomic mass is 35.5. The van der Waals surface area contributed by atoms with Gasteiger partial charge >= 0.3 is 6.18 Å². The molecule has 0 saturated heterocycles. The molecule has 1 aromatic carbocycles. The van der Waals surface area contributed by atoms with E-state index >= 15 is 0 Å². The molecule has 0 bridgehead atoms. The molecule has 3 rings (SSSR count). The van der Waals surface area contributed by atoms with Crippen molar-refractivity contribution in [2.75, 3.05) is 4.90 Å². The van der Waals surface area contributed by atoms with Crippen LogP contribution < -0.4 is 4.90 Å². The smallest absolute Gasteiger partial charge is 0.274 e. The second-order valence-corrected chi connectivity index (χ2v) is 7.68. The van der Waals surface area contributed by atoms with Gasteiger partial charge < -0.3 is 0 Å². The maximum Gasteiger partial charge on any atom is 0.433 e. The number of halogens is 4. The zero-order valence-electron chi connectivity index (χ0n) is 14.3. The van der Waals surface area contributed by atoms with Gasteiger partial charge in [-0.2, -0.15) is 13.2 Å². The van der Waals surface area contributed by atoms with E-state index in [0.29, 0.717) is 21.5 Å². The minimum Gasteiger partial charge on any atom is -0.274 e. The van der Waals surface area contributed by atoms with Crippen molar-refractivity contribution in [2.24, 2.45) is 0 Å². The van der Waals surface area contributed by atoms with Crippen LogP contribution >= 0.6 is 34.7 Å². The first kappa shape index (κ1) is 20.6. The van der Waals surface area contributed by atoms with Crippen molar-refractivity contribution in [2.45, 2.75) is 24.0 Å². The van der Waals surface area contributed by atoms with Crippen LogP contribution in [0.5, 0.6) is 0 Å². The number of thioether (sulfide) groups is 1. The number of amides is 1. The summed E-state index contributed by atoms with van der Waals surface area (Å²) in [5.74, 6) is 0.0241. The Morgan fingerprint density at radius 2 is 2.07 bits per heavy atom. The highest BCUT2D eigenvalue weighted by Crippen LogP contribution is 2.32. The predicted molar refractivity (Wildman–Crippen MR) is 103 cm³/mol. The minimum atomic E-state index is -4.52. The summed E-state index contributed by atoms with van der Waals surface area (Å²) >= 11 is 8.28. The van der Waals surface area contributed by atoms with Crippen LogP contribution in [0, 0.1) is 0 Å². The third kappa shape index (κ3) is 5.00. The summed E-state index contributed by atoms with van der Waals surface area (Å²) in [7, 11) is 0. The average Bonchev–Trinajstić information content (AvgIpc) is 3.08. The van der Waals surface area contributed by atoms with Crippen LogP contribution in [0.1, 0.15) is 18.3 Å². The van der Waals surface area contributed by atoms with Crippen molar-refractivity contribution in [3.05, 3.63) is 58.3 Å². The highest BCUT2D eigenvalue weighted by Gasteiger charge is 2.32. The zero-order valence-corrected chi connectivity index (χ0v) is 16.7. The molecule has 0 unspecified atom stereocenters. The summed E-state index contributed by atoms with van der Waals surface area (Å²) in [6.07, 6.45) is -3.45. The van der Waals surface area contributed by atoms with Gasteiger partial charge in [0.2, 0.25) is 5.91 Å². The van der Waals surface area contributed by atoms with E-state index in [4.69, 9.17) is 11.6 Å². The van der Waals surface area contributed by atoms with Crippen molar-refractivity contribution in [1.82, 2.24) is 15.0 Å². The summed E-state index contributed by atoms with van der Waals surface area (Å²) in [4.78, 5) is 25.3. The molecule has 0 atom stereocenters. The molecule has 11 heteroatoms. The van der Waals surface area contributed by atoms with Gasteiger partial charge in [0.1, 0.15) is 5.69 Å². The van der Waals surface area contributed by atoms with Crippen LogP contribution in [0.2, 0.25) is 5.02 Å². The first-order chi connectivity index (χ1) is 13.2. The molecule has 2 aromatic heterocycles. The molecule has 1 amide bonds. The van der Waals surface area contributed by atoms with Gasteiger partial charge in [-0.15, -0.1) is 11.3 Å². The molecule has 0 radical (unpaired) electrons. The molecular formula is C17H12ClF3N4OS2. The zero-order chi connectivity index (χ0) is 20.3. The number of carbonyl (C=O) groups excluding carboxylic acids is 1. The second kappa shape index (κ2) is 8.46. The van der Waals surface area contributed by atoms with E-state index < -0.39 is 11.9 Å². The lowest BCUT2D eigenvalue weighted by Gasteiger charge is -2.18. The maximum absolute atomic E-state index is 12.7. The van der Waals surface area contributed by atoms with Gasteiger partial charge in [0.25, 0.3) is 0 Å². The number of aromatic nitrogens is 3. The van der Waals surface area contributed by atoms with Crippen LogP contribution in [-0.4, -0.2) is 20.9 Å². The molecule has 2 heterocycles. The number of hydrogen-bond donors (Lipinski definition) is 0. The summed E-state index contributed by atoms with van der Waals surface area (Å²) in [6.45, 7) is 1.41. The molecule has 0 aliphatic heterocycles. The Labute approximate surface area is 171 Å². The van der Waals surface area contributed by atoms with Gasteiger partial charge in [-0.25, -0.2) is 15.0 Å². The van der Waals surface area contributed by atoms with Gasteiger partial charge in [0.15, 0.2) is 10.3 Å². The van der Waals surface area contributed by atoms with Gasteiger partial charge in [-0.1, -0.05) is 29.4 Å². The summed E-state index contributed by atoms with van der Waals surface area (Å²) in [5, 5.41) is 2.66. The fraction of sp³-hybridized carbons (Fsp3) is 0.176. The number of alkyl halides is 3. The number of hydrogen-bond acceptors (Lipinski definition) is 6. The van der Waals surface area contributed by atoms with Crippen molar-refractivity contribution in [1.29, 1.82) is 0 Å². The van der Waals surface area contributed by atoms with E-state index in [9.17, 15) is 18.0 Å². The molecule has 3 aromatic rings. The molecule has 0 N–H and O–H groups in total. The van der Waals surface area contributed by atoms with Crippen LogP contribution in [0.15, 0.2) is 47.1 Å². The molecule has 0 saturated carbocycles.